The number of hydrogen-bond donors (Lipinski definition) is 3. The number of nitrogens with one attached hydrogen (secondary N) is 1. The Morgan fingerprint density at radius 2 is 1.72 bits per heavy atom. The van der Waals surface area contributed by atoms with Crippen molar-refractivity contribution in [2.45, 2.75) is 43.7 Å². The monoisotopic (exact) mass is 743 g/mol. The number of rotatable bonds is 12. The predicted octanol–water partition coefficient (Wildman–Crippen LogP) is 0.553. The number of quaternary nitrogens is 2. The van der Waals surface area contributed by atoms with Crippen LogP contribution in [0.3, 0.4) is 0 Å². The minimum absolute atomic E-state index is 0.0329. The largest absolute Gasteiger partial charge is 0.543 e. The maximum atomic E-state index is 14.1. The van der Waals surface area contributed by atoms with E-state index in [1.807, 2.05) is 42.5 Å². The average Bonchev–Trinajstić information content (AvgIpc) is 3.50. The number of β-lactam (4-membered cyclic amide) rings is 1. The highest BCUT2D eigenvalue weighted by Gasteiger charge is 2.59. The molecule has 9 rings (SSSR count). The number of piperazine rings is 3. The average molecular weight is 744 g/mol. The van der Waals surface area contributed by atoms with Crippen molar-refractivity contribution in [2.75, 3.05) is 75.1 Å². The van der Waals surface area contributed by atoms with E-state index in [0.717, 1.165) is 94.7 Å². The van der Waals surface area contributed by atoms with E-state index in [1.54, 1.807) is 19.1 Å². The first-order chi connectivity index (χ1) is 25.3. The molecule has 3 unspecified atom stereocenters. The van der Waals surface area contributed by atoms with Crippen LogP contribution in [0, 0.1) is 11.8 Å². The zero-order chi connectivity index (χ0) is 37.4. The number of hydrogen-bond acceptors (Lipinski definition) is 8. The number of carboxylic acids is 1. The lowest BCUT2D eigenvalue weighted by molar-refractivity contribution is -1.08. The van der Waals surface area contributed by atoms with Gasteiger partial charge in [0.05, 0.1) is 53.4 Å². The molecule has 4 saturated heterocycles. The van der Waals surface area contributed by atoms with E-state index in [-0.39, 0.29) is 23.0 Å². The first kappa shape index (κ1) is 35.7. The topological polar surface area (TPSA) is 173 Å². The van der Waals surface area contributed by atoms with Gasteiger partial charge in [-0.25, -0.2) is 8.42 Å². The molecule has 4 N–H and O–H groups in total. The van der Waals surface area contributed by atoms with Gasteiger partial charge >= 0.3 is 0 Å². The van der Waals surface area contributed by atoms with Crippen LogP contribution in [0.5, 0.6) is 0 Å². The number of aliphatic hydroxyl groups excluding tert-OH is 1. The summed E-state index contributed by atoms with van der Waals surface area (Å²) in [6.07, 6.45) is 0.560. The molecule has 0 aliphatic carbocycles. The Hall–Kier alpha value is -4.34. The predicted molar refractivity (Wildman–Crippen MR) is 196 cm³/mol. The summed E-state index contributed by atoms with van der Waals surface area (Å²) in [6, 6.07) is 16.4. The molecule has 13 nitrogen and oxygen atoms in total. The second-order valence-corrected chi connectivity index (χ2v) is 17.6. The molecule has 0 saturated carbocycles. The van der Waals surface area contributed by atoms with Gasteiger partial charge in [-0.3, -0.25) is 13.9 Å². The van der Waals surface area contributed by atoms with Crippen molar-refractivity contribution in [2.24, 2.45) is 17.6 Å². The Bertz CT molecular complexity index is 2160. The molecule has 53 heavy (non-hydrogen) atoms. The summed E-state index contributed by atoms with van der Waals surface area (Å²) >= 11 is 0. The Morgan fingerprint density at radius 1 is 1.02 bits per heavy atom. The van der Waals surface area contributed by atoms with E-state index < -0.39 is 45.9 Å². The molecule has 3 aromatic carbocycles. The molecule has 6 heterocycles. The third-order valence-corrected chi connectivity index (χ3v) is 14.7. The second-order valence-electron chi connectivity index (χ2n) is 15.8. The number of amides is 2. The second kappa shape index (κ2) is 12.9. The highest BCUT2D eigenvalue weighted by Crippen LogP contribution is 2.50. The van der Waals surface area contributed by atoms with Crippen LogP contribution in [0.1, 0.15) is 25.0 Å². The van der Waals surface area contributed by atoms with Gasteiger partial charge < -0.3 is 39.9 Å². The van der Waals surface area contributed by atoms with Crippen LogP contribution >= 0.6 is 0 Å². The number of benzene rings is 3. The first-order valence-electron chi connectivity index (χ1n) is 18.6. The summed E-state index contributed by atoms with van der Waals surface area (Å²) in [5, 5.41) is 27.2. The van der Waals surface area contributed by atoms with Crippen LogP contribution in [-0.2, 0) is 37.2 Å². The normalized spacial score (nSPS) is 28.7. The van der Waals surface area contributed by atoms with E-state index in [0.29, 0.717) is 29.7 Å². The van der Waals surface area contributed by atoms with Gasteiger partial charge in [0, 0.05) is 23.4 Å². The zero-order valence-corrected chi connectivity index (χ0v) is 31.0. The smallest absolute Gasteiger partial charge is 0.279 e. The van der Waals surface area contributed by atoms with Gasteiger partial charge in [0.1, 0.15) is 39.3 Å². The Morgan fingerprint density at radius 3 is 2.40 bits per heavy atom. The summed E-state index contributed by atoms with van der Waals surface area (Å²) in [7, 11) is -4.03. The van der Waals surface area contributed by atoms with Crippen molar-refractivity contribution < 1.29 is 42.0 Å². The van der Waals surface area contributed by atoms with Gasteiger partial charge in [-0.1, -0.05) is 37.3 Å². The van der Waals surface area contributed by atoms with Gasteiger partial charge in [-0.05, 0) is 66.2 Å². The lowest BCUT2D eigenvalue weighted by atomic mass is 9.78. The van der Waals surface area contributed by atoms with Crippen molar-refractivity contribution in [1.82, 2.24) is 4.90 Å². The molecule has 6 aliphatic rings. The fourth-order valence-corrected chi connectivity index (χ4v) is 11.5. The van der Waals surface area contributed by atoms with Crippen LogP contribution in [-0.4, -0.2) is 123 Å². The number of aliphatic carboxylic acids is 1. The number of sulfonamides is 1. The lowest BCUT2D eigenvalue weighted by Crippen LogP contribution is -2.76. The van der Waals surface area contributed by atoms with E-state index in [2.05, 4.69) is 5.32 Å². The van der Waals surface area contributed by atoms with E-state index >= 15 is 0 Å². The zero-order valence-electron chi connectivity index (χ0n) is 30.2. The molecule has 0 aromatic heterocycles. The number of fused-ring (bicyclic) bond motifs is 4. The van der Waals surface area contributed by atoms with Crippen molar-refractivity contribution >= 4 is 50.0 Å². The van der Waals surface area contributed by atoms with Crippen molar-refractivity contribution in [3.05, 3.63) is 77.0 Å². The third kappa shape index (κ3) is 5.73. The summed E-state index contributed by atoms with van der Waals surface area (Å²) in [6.45, 7) is 10.7. The fourth-order valence-electron chi connectivity index (χ4n) is 9.82. The summed E-state index contributed by atoms with van der Waals surface area (Å²) in [4.78, 5) is 39.7. The number of carboxylic acid groups (broad SMARTS) is 1. The first-order valence-corrected chi connectivity index (χ1v) is 20.0. The Labute approximate surface area is 309 Å². The maximum Gasteiger partial charge on any atom is 0.279 e. The van der Waals surface area contributed by atoms with Gasteiger partial charge in [-0.15, -0.1) is 0 Å². The van der Waals surface area contributed by atoms with Crippen LogP contribution in [0.15, 0.2) is 70.8 Å². The van der Waals surface area contributed by atoms with Gasteiger partial charge in [-0.2, -0.15) is 0 Å². The van der Waals surface area contributed by atoms with Crippen molar-refractivity contribution in [1.29, 1.82) is 0 Å². The number of nitrogens with zero attached hydrogens (tertiary/aromatic N) is 4. The van der Waals surface area contributed by atoms with E-state index in [9.17, 15) is 33.0 Å². The molecule has 4 fully saturated rings. The van der Waals surface area contributed by atoms with Gasteiger partial charge in [0.15, 0.2) is 6.54 Å². The molecule has 280 valence electrons. The van der Waals surface area contributed by atoms with E-state index in [1.165, 1.54) is 11.2 Å². The Kier molecular flexibility index (Phi) is 8.69. The molecule has 2 amide bonds. The van der Waals surface area contributed by atoms with E-state index in [4.69, 9.17) is 5.73 Å². The molecule has 3 aromatic rings. The highest BCUT2D eigenvalue weighted by atomic mass is 32.2. The number of carbonyl (C=O) groups excluding carboxylic acids is 3. The number of aliphatic hydroxyl groups is 1. The molecule has 4 atom stereocenters. The molecule has 14 heteroatoms. The lowest BCUT2D eigenvalue weighted by Gasteiger charge is -2.55. The number of carbonyl (C=O) groups is 3. The minimum atomic E-state index is -4.03. The van der Waals surface area contributed by atoms with Crippen molar-refractivity contribution in [3.8, 4) is 0 Å². The van der Waals surface area contributed by atoms with Crippen molar-refractivity contribution in [3.63, 3.8) is 0 Å². The molecule has 0 spiro atoms. The molecule has 6 aliphatic heterocycles. The standard InChI is InChI=1S/C39H46N6O7S/c1-24-30(37(39(49)50)43-36(24)34(25(2)46)38(43)48)22-42-31-8-4-7-29-27(9-10-32(35(29)31)53(42,51)52)12-14-44-15-18-45(19-16-44,20-17-44)23-33(47)41-28-6-3-5-26(21-28)11-13-40/h3-10,21,24-25,34,36,46H,11-20,22-23,40H2,1-2H3/p+1/t24-,25?,34?,36?,44?,45?/m0/s1. The molecular weight excluding hydrogens is 697 g/mol. The minimum Gasteiger partial charge on any atom is -0.543 e. The van der Waals surface area contributed by atoms with Crippen LogP contribution in [0.25, 0.3) is 10.8 Å². The highest BCUT2D eigenvalue weighted by molar-refractivity contribution is 7.93. The van der Waals surface area contributed by atoms with Crippen LogP contribution in [0.4, 0.5) is 11.4 Å². The molecular formula is C39H47N6O7S+. The SMILES string of the molecule is CC(O)C1C(=O)N2C(C(=O)[O-])=C(CN3c4cccc5c(CC[N+]67CC[N+](CC(=O)Nc8cccc(CCN)c8)(CC6)CC7)ccc(c45)S3(=O)=O)[C@H](C)C12. The van der Waals surface area contributed by atoms with Crippen LogP contribution < -0.4 is 20.5 Å². The molecule has 0 radical (unpaired) electrons. The van der Waals surface area contributed by atoms with Crippen LogP contribution in [0.2, 0.25) is 0 Å². The number of nitrogens with two attached hydrogens (primary N) is 1. The fraction of sp³-hybridized carbons (Fsp3) is 0.462. The quantitative estimate of drug-likeness (QED) is 0.178. The van der Waals surface area contributed by atoms with Gasteiger partial charge in [0.25, 0.3) is 15.9 Å². The Balaban J connectivity index is 0.975. The molecule has 2 bridgehead atoms. The number of anilines is 2. The van der Waals surface area contributed by atoms with Gasteiger partial charge in [0.2, 0.25) is 5.91 Å². The maximum absolute atomic E-state index is 14.1. The summed E-state index contributed by atoms with van der Waals surface area (Å²) in [5.74, 6) is -3.23. The summed E-state index contributed by atoms with van der Waals surface area (Å²) < 4.78 is 31.2. The third-order valence-electron chi connectivity index (χ3n) is 12.9. The summed E-state index contributed by atoms with van der Waals surface area (Å²) in [5.41, 5.74) is 9.17.